The standard InChI is InChI=1S/C5H9NO5/c1-4(5(7)10-2)3-11-6(8)9/h4H,3H2,1-2H3. The van der Waals surface area contributed by atoms with Crippen molar-refractivity contribution < 1.29 is 19.5 Å². The zero-order valence-corrected chi connectivity index (χ0v) is 6.27. The highest BCUT2D eigenvalue weighted by Crippen LogP contribution is 1.97. The summed E-state index contributed by atoms with van der Waals surface area (Å²) in [5, 5.41) is 8.70. The molecule has 0 saturated carbocycles. The highest BCUT2D eigenvalue weighted by molar-refractivity contribution is 5.71. The molecule has 0 aliphatic heterocycles. The summed E-state index contributed by atoms with van der Waals surface area (Å²) in [5.74, 6) is -1.13. The normalized spacial score (nSPS) is 11.8. The maximum absolute atomic E-state index is 10.6. The van der Waals surface area contributed by atoms with Gasteiger partial charge in [-0.15, -0.1) is 10.1 Å². The third kappa shape index (κ3) is 4.12. The predicted octanol–water partition coefficient (Wildman–Crippen LogP) is 0.00380. The minimum absolute atomic E-state index is 0.264. The first-order valence-corrected chi connectivity index (χ1v) is 2.93. The summed E-state index contributed by atoms with van der Waals surface area (Å²) in [4.78, 5) is 24.2. The quantitative estimate of drug-likeness (QED) is 0.331. The molecule has 0 aliphatic rings. The highest BCUT2D eigenvalue weighted by Gasteiger charge is 2.14. The average Bonchev–Trinajstić information content (AvgIpc) is 1.98. The van der Waals surface area contributed by atoms with Crippen molar-refractivity contribution in [3.8, 4) is 0 Å². The molecule has 0 saturated heterocycles. The fraction of sp³-hybridized carbons (Fsp3) is 0.800. The summed E-state index contributed by atoms with van der Waals surface area (Å²) in [6.07, 6.45) is 0. The molecule has 0 aliphatic carbocycles. The molecule has 6 heteroatoms. The van der Waals surface area contributed by atoms with Crippen LogP contribution in [0, 0.1) is 16.0 Å². The van der Waals surface area contributed by atoms with Crippen LogP contribution < -0.4 is 0 Å². The average molecular weight is 163 g/mol. The van der Waals surface area contributed by atoms with Gasteiger partial charge in [-0.05, 0) is 0 Å². The molecule has 0 bridgehead atoms. The van der Waals surface area contributed by atoms with Gasteiger partial charge in [-0.1, -0.05) is 6.92 Å². The Morgan fingerprint density at radius 2 is 2.27 bits per heavy atom. The van der Waals surface area contributed by atoms with Crippen molar-refractivity contribution >= 4 is 5.97 Å². The Balaban J connectivity index is 3.60. The van der Waals surface area contributed by atoms with Crippen LogP contribution >= 0.6 is 0 Å². The Morgan fingerprint density at radius 3 is 2.64 bits per heavy atom. The number of nitrogens with zero attached hydrogens (tertiary/aromatic N) is 1. The van der Waals surface area contributed by atoms with Crippen LogP contribution in [0.4, 0.5) is 0 Å². The van der Waals surface area contributed by atoms with Crippen LogP contribution in [-0.4, -0.2) is 24.8 Å². The molecule has 0 heterocycles. The van der Waals surface area contributed by atoms with E-state index >= 15 is 0 Å². The number of hydrogen-bond acceptors (Lipinski definition) is 5. The molecule has 1 atom stereocenters. The van der Waals surface area contributed by atoms with Crippen LogP contribution in [0.15, 0.2) is 0 Å². The van der Waals surface area contributed by atoms with E-state index in [9.17, 15) is 14.9 Å². The van der Waals surface area contributed by atoms with Crippen LogP contribution in [0.2, 0.25) is 0 Å². The highest BCUT2D eigenvalue weighted by atomic mass is 16.9. The second-order valence-electron chi connectivity index (χ2n) is 1.94. The first-order valence-electron chi connectivity index (χ1n) is 2.93. The van der Waals surface area contributed by atoms with E-state index in [1.54, 1.807) is 0 Å². The largest absolute Gasteiger partial charge is 0.469 e. The lowest BCUT2D eigenvalue weighted by atomic mass is 10.2. The van der Waals surface area contributed by atoms with E-state index in [1.807, 2.05) is 0 Å². The molecule has 0 radical (unpaired) electrons. The number of esters is 1. The van der Waals surface area contributed by atoms with Crippen molar-refractivity contribution in [2.24, 2.45) is 5.92 Å². The van der Waals surface area contributed by atoms with Gasteiger partial charge in [-0.2, -0.15) is 0 Å². The molecule has 11 heavy (non-hydrogen) atoms. The molecule has 0 N–H and O–H groups in total. The monoisotopic (exact) mass is 163 g/mol. The second-order valence-corrected chi connectivity index (χ2v) is 1.94. The summed E-state index contributed by atoms with van der Waals surface area (Å²) < 4.78 is 4.30. The van der Waals surface area contributed by atoms with Crippen molar-refractivity contribution in [1.82, 2.24) is 0 Å². The van der Waals surface area contributed by atoms with Gasteiger partial charge < -0.3 is 9.57 Å². The van der Waals surface area contributed by atoms with Gasteiger partial charge in [0.15, 0.2) is 0 Å². The van der Waals surface area contributed by atoms with E-state index in [2.05, 4.69) is 9.57 Å². The predicted molar refractivity (Wildman–Crippen MR) is 34.1 cm³/mol. The van der Waals surface area contributed by atoms with Crippen LogP contribution in [0.5, 0.6) is 0 Å². The third-order valence-corrected chi connectivity index (χ3v) is 1.03. The SMILES string of the molecule is COC(=O)C(C)CO[N+](=O)[O-]. The van der Waals surface area contributed by atoms with Crippen molar-refractivity contribution in [2.45, 2.75) is 6.92 Å². The lowest BCUT2D eigenvalue weighted by Crippen LogP contribution is -2.20. The first-order chi connectivity index (χ1) is 5.07. The van der Waals surface area contributed by atoms with Gasteiger partial charge in [0.25, 0.3) is 5.09 Å². The number of carbonyl (C=O) groups excluding carboxylic acids is 1. The van der Waals surface area contributed by atoms with Gasteiger partial charge >= 0.3 is 5.97 Å². The summed E-state index contributed by atoms with van der Waals surface area (Å²) in [6, 6.07) is 0. The van der Waals surface area contributed by atoms with Crippen LogP contribution in [0.3, 0.4) is 0 Å². The first kappa shape index (κ1) is 9.67. The Labute approximate surface area is 63.2 Å². The van der Waals surface area contributed by atoms with E-state index in [0.717, 1.165) is 0 Å². The molecule has 0 aromatic carbocycles. The molecule has 0 spiro atoms. The third-order valence-electron chi connectivity index (χ3n) is 1.03. The van der Waals surface area contributed by atoms with Gasteiger partial charge in [0, 0.05) is 0 Å². The molecule has 64 valence electrons. The molecule has 0 amide bonds. The molecule has 0 rings (SSSR count). The summed E-state index contributed by atoms with van der Waals surface area (Å²) in [7, 11) is 1.21. The summed E-state index contributed by atoms with van der Waals surface area (Å²) in [6.45, 7) is 1.22. The zero-order chi connectivity index (χ0) is 8.85. The number of ether oxygens (including phenoxy) is 1. The zero-order valence-electron chi connectivity index (χ0n) is 6.27. The van der Waals surface area contributed by atoms with E-state index in [-0.39, 0.29) is 6.61 Å². The minimum Gasteiger partial charge on any atom is -0.469 e. The minimum atomic E-state index is -0.945. The van der Waals surface area contributed by atoms with Gasteiger partial charge in [0.2, 0.25) is 0 Å². The number of hydrogen-bond donors (Lipinski definition) is 0. The van der Waals surface area contributed by atoms with Crippen molar-refractivity contribution in [3.63, 3.8) is 0 Å². The van der Waals surface area contributed by atoms with Crippen molar-refractivity contribution in [1.29, 1.82) is 0 Å². The fourth-order valence-corrected chi connectivity index (χ4v) is 0.442. The summed E-state index contributed by atoms with van der Waals surface area (Å²) in [5.41, 5.74) is 0. The Kier molecular flexibility index (Phi) is 3.94. The van der Waals surface area contributed by atoms with Crippen molar-refractivity contribution in [3.05, 3.63) is 10.1 Å². The Bertz CT molecular complexity index is 157. The smallest absolute Gasteiger partial charge is 0.310 e. The van der Waals surface area contributed by atoms with Crippen molar-refractivity contribution in [2.75, 3.05) is 13.7 Å². The molecule has 1 unspecified atom stereocenters. The van der Waals surface area contributed by atoms with Crippen LogP contribution in [0.1, 0.15) is 6.92 Å². The van der Waals surface area contributed by atoms with E-state index in [4.69, 9.17) is 0 Å². The van der Waals surface area contributed by atoms with Gasteiger partial charge in [0.1, 0.15) is 6.61 Å². The topological polar surface area (TPSA) is 78.7 Å². The van der Waals surface area contributed by atoms with Gasteiger partial charge in [0.05, 0.1) is 13.0 Å². The number of methoxy groups -OCH3 is 1. The molecule has 0 aromatic heterocycles. The molecular formula is C5H9NO5. The molecule has 0 aromatic rings. The lowest BCUT2D eigenvalue weighted by Gasteiger charge is -2.05. The Hall–Kier alpha value is -1.33. The maximum Gasteiger partial charge on any atom is 0.310 e. The Morgan fingerprint density at radius 1 is 1.73 bits per heavy atom. The van der Waals surface area contributed by atoms with E-state index < -0.39 is 17.0 Å². The van der Waals surface area contributed by atoms with Crippen LogP contribution in [-0.2, 0) is 14.4 Å². The fourth-order valence-electron chi connectivity index (χ4n) is 0.442. The lowest BCUT2D eigenvalue weighted by molar-refractivity contribution is -0.758. The molecule has 6 nitrogen and oxygen atoms in total. The van der Waals surface area contributed by atoms with E-state index in [1.165, 1.54) is 14.0 Å². The molecule has 0 fully saturated rings. The van der Waals surface area contributed by atoms with Crippen LogP contribution in [0.25, 0.3) is 0 Å². The molecular weight excluding hydrogens is 154 g/mol. The second kappa shape index (κ2) is 4.48. The number of rotatable bonds is 4. The van der Waals surface area contributed by atoms with Gasteiger partial charge in [-0.3, -0.25) is 4.79 Å². The van der Waals surface area contributed by atoms with E-state index in [0.29, 0.717) is 0 Å². The maximum atomic E-state index is 10.6. The summed E-state index contributed by atoms with van der Waals surface area (Å²) >= 11 is 0. The number of carbonyl (C=O) groups is 1. The van der Waals surface area contributed by atoms with Gasteiger partial charge in [-0.25, -0.2) is 0 Å².